The number of nitrogens with zero attached hydrogens (tertiary/aromatic N) is 3. The summed E-state index contributed by atoms with van der Waals surface area (Å²) in [6.07, 6.45) is 0. The highest BCUT2D eigenvalue weighted by molar-refractivity contribution is 6.07. The van der Waals surface area contributed by atoms with Gasteiger partial charge in [0.1, 0.15) is 5.75 Å². The van der Waals surface area contributed by atoms with Crippen LogP contribution in [-0.2, 0) is 0 Å². The van der Waals surface area contributed by atoms with Gasteiger partial charge < -0.3 is 14.8 Å². The van der Waals surface area contributed by atoms with Gasteiger partial charge >= 0.3 is 11.4 Å². The Morgan fingerprint density at radius 3 is 1.84 bits per heavy atom. The number of fused-ring (bicyclic) bond motifs is 3. The molecule has 0 unspecified atom stereocenters. The number of H-pyrrole nitrogens is 1. The molecule has 0 atom stereocenters. The van der Waals surface area contributed by atoms with Crippen molar-refractivity contribution in [1.29, 1.82) is 0 Å². The largest absolute Gasteiger partial charge is 0.497 e. The maximum absolute atomic E-state index is 10.4. The highest BCUT2D eigenvalue weighted by Crippen LogP contribution is 2.39. The van der Waals surface area contributed by atoms with E-state index in [1.807, 2.05) is 6.07 Å². The summed E-state index contributed by atoms with van der Waals surface area (Å²) in [4.78, 5) is 31.2. The smallest absolute Gasteiger partial charge is 0.324 e. The molecule has 0 bridgehead atoms. The third kappa shape index (κ3) is 4.23. The number of ether oxygens (including phenoxy) is 1. The van der Waals surface area contributed by atoms with Crippen LogP contribution in [0.15, 0.2) is 48.5 Å². The lowest BCUT2D eigenvalue weighted by Gasteiger charge is -1.99. The number of aryl methyl sites for hydroxylation is 1. The second-order valence-corrected chi connectivity index (χ2v) is 6.69. The molecule has 12 heteroatoms. The van der Waals surface area contributed by atoms with Gasteiger partial charge in [-0.1, -0.05) is 11.6 Å². The van der Waals surface area contributed by atoms with Crippen molar-refractivity contribution in [3.8, 4) is 11.5 Å². The Bertz CT molecular complexity index is 1340. The van der Waals surface area contributed by atoms with Crippen LogP contribution in [0.25, 0.3) is 21.8 Å². The van der Waals surface area contributed by atoms with Crippen molar-refractivity contribution in [2.45, 2.75) is 6.92 Å². The average Bonchev–Trinajstić information content (AvgIpc) is 3.10. The minimum Gasteiger partial charge on any atom is -0.497 e. The van der Waals surface area contributed by atoms with Gasteiger partial charge in [0.2, 0.25) is 0 Å². The van der Waals surface area contributed by atoms with Crippen molar-refractivity contribution < 1.29 is 24.6 Å². The van der Waals surface area contributed by atoms with Crippen LogP contribution < -0.4 is 4.74 Å². The van der Waals surface area contributed by atoms with E-state index in [1.165, 1.54) is 21.9 Å². The highest BCUT2D eigenvalue weighted by atomic mass is 16.6. The Morgan fingerprint density at radius 1 is 0.812 bits per heavy atom. The predicted octanol–water partition coefficient (Wildman–Crippen LogP) is 4.75. The molecule has 0 saturated carbocycles. The van der Waals surface area contributed by atoms with Gasteiger partial charge in [0.05, 0.1) is 34.0 Å². The molecule has 0 radical (unpaired) electrons. The van der Waals surface area contributed by atoms with Crippen LogP contribution in [-0.4, -0.2) is 32.0 Å². The SMILES string of the molecule is COc1ccc2[nH]c3ccc(C)cc3c2c1.O=[N+]([O-])c1cc([N+](=O)[O-])c(O)c([N+](=O)[O-])c1. The third-order valence-corrected chi connectivity index (χ3v) is 4.62. The van der Waals surface area contributed by atoms with E-state index >= 15 is 0 Å². The summed E-state index contributed by atoms with van der Waals surface area (Å²) in [6, 6.07) is 13.5. The quantitative estimate of drug-likeness (QED) is 0.337. The second kappa shape index (κ2) is 8.55. The molecule has 164 valence electrons. The molecular formula is C20H16N4O8. The number of nitrogens with one attached hydrogen (secondary N) is 1. The Labute approximate surface area is 179 Å². The summed E-state index contributed by atoms with van der Waals surface area (Å²) in [5, 5.41) is 42.7. The topological polar surface area (TPSA) is 175 Å². The average molecular weight is 440 g/mol. The van der Waals surface area contributed by atoms with Crippen LogP contribution in [0.4, 0.5) is 17.1 Å². The minimum atomic E-state index is -1.21. The standard InChI is InChI=1S/C14H13NO.C6H3N3O7/c1-9-3-5-13-11(7-9)12-8-10(16-2)4-6-14(12)15-13;10-6-4(8(13)14)1-3(7(11)12)2-5(6)9(15)16/h3-8,15H,1-2H3;1-2,10H. The summed E-state index contributed by atoms with van der Waals surface area (Å²) in [6.45, 7) is 2.11. The van der Waals surface area contributed by atoms with E-state index in [0.29, 0.717) is 12.1 Å². The number of nitro groups is 3. The summed E-state index contributed by atoms with van der Waals surface area (Å²) in [5.74, 6) is -0.310. The molecule has 32 heavy (non-hydrogen) atoms. The number of nitro benzene ring substituents is 3. The highest BCUT2D eigenvalue weighted by Gasteiger charge is 2.30. The van der Waals surface area contributed by atoms with Crippen molar-refractivity contribution in [1.82, 2.24) is 4.98 Å². The van der Waals surface area contributed by atoms with Crippen LogP contribution in [0, 0.1) is 37.3 Å². The number of hydrogen-bond donors (Lipinski definition) is 2. The number of rotatable bonds is 4. The van der Waals surface area contributed by atoms with Gasteiger partial charge in [-0.3, -0.25) is 30.3 Å². The number of phenolic OH excluding ortho intramolecular Hbond substituents is 1. The van der Waals surface area contributed by atoms with Gasteiger partial charge in [-0.15, -0.1) is 0 Å². The van der Waals surface area contributed by atoms with E-state index in [9.17, 15) is 30.3 Å². The maximum Gasteiger partial charge on any atom is 0.324 e. The molecule has 1 aromatic heterocycles. The molecule has 0 aliphatic rings. The van der Waals surface area contributed by atoms with Gasteiger partial charge in [0, 0.05) is 21.8 Å². The zero-order valence-electron chi connectivity index (χ0n) is 16.8. The Balaban J connectivity index is 0.000000181. The van der Waals surface area contributed by atoms with Crippen molar-refractivity contribution >= 4 is 38.9 Å². The van der Waals surface area contributed by atoms with E-state index in [4.69, 9.17) is 9.84 Å². The predicted molar refractivity (Wildman–Crippen MR) is 115 cm³/mol. The first-order chi connectivity index (χ1) is 15.1. The molecule has 12 nitrogen and oxygen atoms in total. The first kappa shape index (κ1) is 22.0. The lowest BCUT2D eigenvalue weighted by atomic mass is 10.1. The van der Waals surface area contributed by atoms with Crippen LogP contribution >= 0.6 is 0 Å². The van der Waals surface area contributed by atoms with E-state index in [0.717, 1.165) is 11.3 Å². The molecule has 4 aromatic rings. The number of methoxy groups -OCH3 is 1. The number of phenols is 1. The maximum atomic E-state index is 10.4. The zero-order chi connectivity index (χ0) is 23.6. The van der Waals surface area contributed by atoms with Crippen LogP contribution in [0.5, 0.6) is 11.5 Å². The van der Waals surface area contributed by atoms with Crippen molar-refractivity contribution in [2.24, 2.45) is 0 Å². The summed E-state index contributed by atoms with van der Waals surface area (Å²) < 4.78 is 5.26. The molecule has 0 amide bonds. The molecule has 0 aliphatic heterocycles. The first-order valence-electron chi connectivity index (χ1n) is 8.98. The summed E-state index contributed by atoms with van der Waals surface area (Å²) in [5.41, 5.74) is 0.601. The number of benzene rings is 3. The van der Waals surface area contributed by atoms with Gasteiger partial charge in [-0.25, -0.2) is 0 Å². The molecule has 3 aromatic carbocycles. The van der Waals surface area contributed by atoms with Crippen molar-refractivity contribution in [3.63, 3.8) is 0 Å². The molecule has 0 saturated heterocycles. The molecule has 4 rings (SSSR count). The van der Waals surface area contributed by atoms with Gasteiger partial charge in [-0.2, -0.15) is 0 Å². The van der Waals surface area contributed by atoms with E-state index < -0.39 is 37.6 Å². The van der Waals surface area contributed by atoms with Gasteiger partial charge in [0.25, 0.3) is 11.4 Å². The Hall–Kier alpha value is -4.74. The first-order valence-corrected chi connectivity index (χ1v) is 8.98. The van der Waals surface area contributed by atoms with Crippen molar-refractivity contribution in [2.75, 3.05) is 7.11 Å². The number of aromatic amines is 1. The van der Waals surface area contributed by atoms with Crippen LogP contribution in [0.1, 0.15) is 5.56 Å². The molecular weight excluding hydrogens is 424 g/mol. The fraction of sp³-hybridized carbons (Fsp3) is 0.100. The fourth-order valence-electron chi connectivity index (χ4n) is 3.09. The summed E-state index contributed by atoms with van der Waals surface area (Å²) in [7, 11) is 1.70. The Morgan fingerprint density at radius 2 is 1.34 bits per heavy atom. The summed E-state index contributed by atoms with van der Waals surface area (Å²) >= 11 is 0. The van der Waals surface area contributed by atoms with Gasteiger partial charge in [-0.05, 0) is 37.3 Å². The van der Waals surface area contributed by atoms with Crippen LogP contribution in [0.2, 0.25) is 0 Å². The second-order valence-electron chi connectivity index (χ2n) is 6.69. The molecule has 0 aliphatic carbocycles. The normalized spacial score (nSPS) is 10.4. The molecule has 0 fully saturated rings. The monoisotopic (exact) mass is 440 g/mol. The van der Waals surface area contributed by atoms with Crippen LogP contribution in [0.3, 0.4) is 0 Å². The third-order valence-electron chi connectivity index (χ3n) is 4.62. The number of hydrogen-bond acceptors (Lipinski definition) is 8. The number of aromatic nitrogens is 1. The number of aromatic hydroxyl groups is 1. The molecule has 0 spiro atoms. The van der Waals surface area contributed by atoms with E-state index in [2.05, 4.69) is 42.2 Å². The minimum absolute atomic E-state index is 0.447. The molecule has 2 N–H and O–H groups in total. The lowest BCUT2D eigenvalue weighted by molar-refractivity contribution is -0.404. The number of non-ortho nitro benzene ring substituents is 1. The van der Waals surface area contributed by atoms with E-state index in [1.54, 1.807) is 7.11 Å². The van der Waals surface area contributed by atoms with Crippen molar-refractivity contribution in [3.05, 3.63) is 84.4 Å². The van der Waals surface area contributed by atoms with E-state index in [-0.39, 0.29) is 0 Å². The van der Waals surface area contributed by atoms with Gasteiger partial charge in [0.15, 0.2) is 0 Å². The lowest BCUT2D eigenvalue weighted by Crippen LogP contribution is -1.97. The fourth-order valence-corrected chi connectivity index (χ4v) is 3.09. The zero-order valence-corrected chi connectivity index (χ0v) is 16.8. The Kier molecular flexibility index (Phi) is 5.87. The molecule has 1 heterocycles.